The summed E-state index contributed by atoms with van der Waals surface area (Å²) in [5, 5.41) is 0.630. The maximum absolute atomic E-state index is 12.9. The molecule has 5 nitrogen and oxygen atoms in total. The van der Waals surface area contributed by atoms with Crippen LogP contribution >= 0.6 is 11.6 Å². The Bertz CT molecular complexity index is 979. The molecule has 2 heterocycles. The number of hydrogen-bond donors (Lipinski definition) is 0. The third-order valence-electron chi connectivity index (χ3n) is 4.67. The zero-order chi connectivity index (χ0) is 18.3. The second-order valence-electron chi connectivity index (χ2n) is 6.32. The quantitative estimate of drug-likeness (QED) is 0.699. The lowest BCUT2D eigenvalue weighted by Crippen LogP contribution is -2.14. The first-order valence-electron chi connectivity index (χ1n) is 8.30. The molecular formula is C20H18ClN3O2. The van der Waals surface area contributed by atoms with Gasteiger partial charge in [0.1, 0.15) is 11.4 Å². The normalized spacial score (nSPS) is 13.2. The smallest absolute Gasteiger partial charge is 0.187 e. The number of anilines is 2. The fourth-order valence-electron chi connectivity index (χ4n) is 3.34. The van der Waals surface area contributed by atoms with Crippen molar-refractivity contribution in [1.82, 2.24) is 9.55 Å². The molecule has 0 amide bonds. The summed E-state index contributed by atoms with van der Waals surface area (Å²) in [6.07, 6.45) is 2.03. The number of imidazole rings is 1. The topological polar surface area (TPSA) is 47.4 Å². The molecule has 0 saturated heterocycles. The molecule has 2 aromatic carbocycles. The van der Waals surface area contributed by atoms with E-state index in [1.54, 1.807) is 13.4 Å². The van der Waals surface area contributed by atoms with Crippen LogP contribution in [0.5, 0.6) is 5.75 Å². The lowest BCUT2D eigenvalue weighted by molar-refractivity contribution is 0.0986. The maximum atomic E-state index is 12.9. The highest BCUT2D eigenvalue weighted by Gasteiger charge is 2.28. The molecule has 0 spiro atoms. The van der Waals surface area contributed by atoms with Gasteiger partial charge >= 0.3 is 0 Å². The lowest BCUT2D eigenvalue weighted by Gasteiger charge is -2.18. The number of methoxy groups -OCH3 is 1. The fraction of sp³-hybridized carbons (Fsp3) is 0.200. The SMILES string of the molecule is COc1ccc(Cn2cnc3c2C(=O)Cc2cc(Cl)ccc2N3C)cc1. The minimum atomic E-state index is 0.0406. The van der Waals surface area contributed by atoms with E-state index < -0.39 is 0 Å². The summed E-state index contributed by atoms with van der Waals surface area (Å²) in [6.45, 7) is 0.572. The number of carbonyl (C=O) groups is 1. The lowest BCUT2D eigenvalue weighted by atomic mass is 10.1. The zero-order valence-corrected chi connectivity index (χ0v) is 15.3. The Morgan fingerprint density at radius 1 is 1.19 bits per heavy atom. The van der Waals surface area contributed by atoms with Crippen molar-refractivity contribution in [2.75, 3.05) is 19.1 Å². The standard InChI is InChI=1S/C20H18ClN3O2/c1-23-17-8-5-15(21)9-14(17)10-18(25)19-20(23)22-12-24(19)11-13-3-6-16(26-2)7-4-13/h3-9,12H,10-11H2,1-2H3. The second-order valence-corrected chi connectivity index (χ2v) is 6.76. The molecule has 0 unspecified atom stereocenters. The van der Waals surface area contributed by atoms with Gasteiger partial charge in [0, 0.05) is 30.7 Å². The third-order valence-corrected chi connectivity index (χ3v) is 4.90. The largest absolute Gasteiger partial charge is 0.497 e. The monoisotopic (exact) mass is 367 g/mol. The zero-order valence-electron chi connectivity index (χ0n) is 14.6. The molecule has 4 rings (SSSR count). The first-order valence-corrected chi connectivity index (χ1v) is 8.68. The average Bonchev–Trinajstić information content (AvgIpc) is 3.01. The molecule has 1 aromatic heterocycles. The van der Waals surface area contributed by atoms with Gasteiger partial charge in [-0.3, -0.25) is 4.79 Å². The summed E-state index contributed by atoms with van der Waals surface area (Å²) in [5.74, 6) is 1.52. The third kappa shape index (κ3) is 2.84. The molecule has 1 aliphatic heterocycles. The Hall–Kier alpha value is -2.79. The van der Waals surface area contributed by atoms with Crippen molar-refractivity contribution < 1.29 is 9.53 Å². The predicted octanol–water partition coefficient (Wildman–Crippen LogP) is 4.10. The van der Waals surface area contributed by atoms with Crippen LogP contribution in [0, 0.1) is 0 Å². The summed E-state index contributed by atoms with van der Waals surface area (Å²) in [4.78, 5) is 19.4. The van der Waals surface area contributed by atoms with E-state index in [-0.39, 0.29) is 5.78 Å². The number of Topliss-reactive ketones (excluding diaryl/α,β-unsaturated/α-hetero) is 1. The molecule has 0 aliphatic carbocycles. The Balaban J connectivity index is 1.72. The maximum Gasteiger partial charge on any atom is 0.187 e. The predicted molar refractivity (Wildman–Crippen MR) is 102 cm³/mol. The van der Waals surface area contributed by atoms with Gasteiger partial charge in [-0.1, -0.05) is 23.7 Å². The van der Waals surface area contributed by atoms with E-state index in [0.717, 1.165) is 22.6 Å². The first-order chi connectivity index (χ1) is 12.6. The van der Waals surface area contributed by atoms with Crippen LogP contribution in [-0.2, 0) is 13.0 Å². The van der Waals surface area contributed by atoms with E-state index in [9.17, 15) is 4.79 Å². The van der Waals surface area contributed by atoms with Crippen molar-refractivity contribution in [3.8, 4) is 5.75 Å². The van der Waals surface area contributed by atoms with E-state index in [4.69, 9.17) is 16.3 Å². The van der Waals surface area contributed by atoms with Gasteiger partial charge in [0.2, 0.25) is 0 Å². The van der Waals surface area contributed by atoms with Gasteiger partial charge in [-0.15, -0.1) is 0 Å². The molecule has 26 heavy (non-hydrogen) atoms. The van der Waals surface area contributed by atoms with E-state index in [2.05, 4.69) is 4.98 Å². The van der Waals surface area contributed by atoms with E-state index >= 15 is 0 Å². The minimum absolute atomic E-state index is 0.0406. The van der Waals surface area contributed by atoms with E-state index in [1.165, 1.54) is 0 Å². The molecule has 0 radical (unpaired) electrons. The number of ether oxygens (including phenoxy) is 1. The molecule has 3 aromatic rings. The van der Waals surface area contributed by atoms with Crippen LogP contribution in [0.2, 0.25) is 5.02 Å². The molecule has 6 heteroatoms. The summed E-state index contributed by atoms with van der Waals surface area (Å²) in [5.41, 5.74) is 3.57. The summed E-state index contributed by atoms with van der Waals surface area (Å²) < 4.78 is 7.10. The van der Waals surface area contributed by atoms with Crippen LogP contribution in [0.25, 0.3) is 0 Å². The van der Waals surface area contributed by atoms with Gasteiger partial charge in [0.05, 0.1) is 13.4 Å². The Morgan fingerprint density at radius 2 is 1.96 bits per heavy atom. The van der Waals surface area contributed by atoms with Crippen molar-refractivity contribution in [2.24, 2.45) is 0 Å². The molecule has 0 atom stereocenters. The van der Waals surface area contributed by atoms with Crippen molar-refractivity contribution in [3.05, 3.63) is 70.6 Å². The van der Waals surface area contributed by atoms with Crippen LogP contribution in [0.4, 0.5) is 11.5 Å². The molecule has 0 N–H and O–H groups in total. The van der Waals surface area contributed by atoms with Crippen molar-refractivity contribution in [1.29, 1.82) is 0 Å². The number of hydrogen-bond acceptors (Lipinski definition) is 4. The molecule has 0 fully saturated rings. The van der Waals surface area contributed by atoms with Gasteiger partial charge < -0.3 is 14.2 Å². The van der Waals surface area contributed by atoms with Crippen molar-refractivity contribution in [2.45, 2.75) is 13.0 Å². The highest BCUT2D eigenvalue weighted by atomic mass is 35.5. The van der Waals surface area contributed by atoms with Gasteiger partial charge in [0.15, 0.2) is 11.6 Å². The Labute approximate surface area is 156 Å². The molecule has 132 valence electrons. The summed E-state index contributed by atoms with van der Waals surface area (Å²) >= 11 is 6.11. The number of ketones is 1. The summed E-state index contributed by atoms with van der Waals surface area (Å²) in [7, 11) is 3.57. The minimum Gasteiger partial charge on any atom is -0.497 e. The van der Waals surface area contributed by atoms with Gasteiger partial charge in [-0.25, -0.2) is 4.98 Å². The average molecular weight is 368 g/mol. The Kier molecular flexibility index (Phi) is 4.17. The molecule has 0 bridgehead atoms. The molecular weight excluding hydrogens is 350 g/mol. The van der Waals surface area contributed by atoms with Crippen LogP contribution in [0.15, 0.2) is 48.8 Å². The fourth-order valence-corrected chi connectivity index (χ4v) is 3.54. The number of nitrogens with zero attached hydrogens (tertiary/aromatic N) is 3. The second kappa shape index (κ2) is 6.50. The number of benzene rings is 2. The number of rotatable bonds is 3. The first kappa shape index (κ1) is 16.7. The highest BCUT2D eigenvalue weighted by molar-refractivity contribution is 6.30. The van der Waals surface area contributed by atoms with E-state index in [0.29, 0.717) is 29.5 Å². The number of aromatic nitrogens is 2. The van der Waals surface area contributed by atoms with Gasteiger partial charge in [-0.2, -0.15) is 0 Å². The Morgan fingerprint density at radius 3 is 2.69 bits per heavy atom. The highest BCUT2D eigenvalue weighted by Crippen LogP contribution is 2.35. The number of fused-ring (bicyclic) bond motifs is 2. The van der Waals surface area contributed by atoms with Crippen molar-refractivity contribution >= 4 is 28.9 Å². The number of carbonyl (C=O) groups excluding carboxylic acids is 1. The number of halogens is 1. The van der Waals surface area contributed by atoms with Gasteiger partial charge in [0.25, 0.3) is 0 Å². The van der Waals surface area contributed by atoms with Gasteiger partial charge in [-0.05, 0) is 41.5 Å². The van der Waals surface area contributed by atoms with Crippen LogP contribution < -0.4 is 9.64 Å². The van der Waals surface area contributed by atoms with Crippen LogP contribution in [0.1, 0.15) is 21.6 Å². The summed E-state index contributed by atoms with van der Waals surface area (Å²) in [6, 6.07) is 13.4. The molecule has 0 saturated carbocycles. The van der Waals surface area contributed by atoms with Crippen LogP contribution in [-0.4, -0.2) is 29.5 Å². The van der Waals surface area contributed by atoms with Crippen LogP contribution in [0.3, 0.4) is 0 Å². The van der Waals surface area contributed by atoms with Crippen molar-refractivity contribution in [3.63, 3.8) is 0 Å². The van der Waals surface area contributed by atoms with E-state index in [1.807, 2.05) is 59.0 Å². The molecule has 1 aliphatic rings.